The van der Waals surface area contributed by atoms with Gasteiger partial charge >= 0.3 is 5.69 Å². The van der Waals surface area contributed by atoms with Gasteiger partial charge in [-0.1, -0.05) is 6.42 Å². The number of aromatic nitrogens is 2. The summed E-state index contributed by atoms with van der Waals surface area (Å²) in [6, 6.07) is 6.31. The highest BCUT2D eigenvalue weighted by Gasteiger charge is 2.31. The molecule has 1 fully saturated rings. The predicted molar refractivity (Wildman–Crippen MR) is 115 cm³/mol. The average molecular weight is 433 g/mol. The average Bonchev–Trinajstić information content (AvgIpc) is 2.76. The van der Waals surface area contributed by atoms with Crippen molar-refractivity contribution in [2.24, 2.45) is 0 Å². The molecule has 2 heterocycles. The van der Waals surface area contributed by atoms with E-state index in [0.717, 1.165) is 31.4 Å². The number of unbranched alkanes of at least 4 members (excludes halogenated alkanes) is 3. The van der Waals surface area contributed by atoms with Crippen LogP contribution in [0.3, 0.4) is 0 Å². The number of rotatable bonds is 10. The van der Waals surface area contributed by atoms with Gasteiger partial charge in [-0.2, -0.15) is 4.98 Å². The molecule has 10 heteroatoms. The largest absolute Gasteiger partial charge is 0.473 e. The molecule has 0 atom stereocenters. The van der Waals surface area contributed by atoms with E-state index in [9.17, 15) is 14.5 Å². The van der Waals surface area contributed by atoms with Crippen molar-refractivity contribution < 1.29 is 19.2 Å². The van der Waals surface area contributed by atoms with Gasteiger partial charge in [-0.25, -0.2) is 9.37 Å². The van der Waals surface area contributed by atoms with E-state index in [1.165, 1.54) is 12.1 Å². The number of nitrogens with zero attached hydrogens (tertiary/aromatic N) is 5. The van der Waals surface area contributed by atoms with Gasteiger partial charge < -0.3 is 19.6 Å². The SMILES string of the molecule is Cc1nc(OCCCCCCO)c([N+](=O)[O-])c(N2CCN(c3ccc(F)cc3)CC2)n1. The summed E-state index contributed by atoms with van der Waals surface area (Å²) >= 11 is 0. The number of anilines is 2. The molecule has 0 bridgehead atoms. The van der Waals surface area contributed by atoms with Crippen LogP contribution in [0.15, 0.2) is 24.3 Å². The molecule has 0 saturated carbocycles. The molecular formula is C21H28FN5O4. The molecule has 2 aromatic rings. The maximum absolute atomic E-state index is 13.2. The zero-order valence-electron chi connectivity index (χ0n) is 17.7. The maximum atomic E-state index is 13.2. The normalized spacial score (nSPS) is 14.0. The molecule has 31 heavy (non-hydrogen) atoms. The van der Waals surface area contributed by atoms with Gasteiger partial charge in [-0.3, -0.25) is 10.1 Å². The van der Waals surface area contributed by atoms with Crippen molar-refractivity contribution in [1.29, 1.82) is 0 Å². The molecule has 1 aliphatic heterocycles. The molecule has 9 nitrogen and oxygen atoms in total. The first kappa shape index (κ1) is 22.7. The van der Waals surface area contributed by atoms with Gasteiger partial charge in [0.25, 0.3) is 5.88 Å². The fraction of sp³-hybridized carbons (Fsp3) is 0.524. The third kappa shape index (κ3) is 6.00. The third-order valence-corrected chi connectivity index (χ3v) is 5.19. The van der Waals surface area contributed by atoms with Gasteiger partial charge in [-0.15, -0.1) is 0 Å². The molecule has 0 spiro atoms. The van der Waals surface area contributed by atoms with E-state index in [1.807, 2.05) is 4.90 Å². The lowest BCUT2D eigenvalue weighted by Gasteiger charge is -2.36. The van der Waals surface area contributed by atoms with Crippen LogP contribution in [0, 0.1) is 22.9 Å². The maximum Gasteiger partial charge on any atom is 0.372 e. The minimum absolute atomic E-state index is 0.00405. The first-order chi connectivity index (χ1) is 15.0. The highest BCUT2D eigenvalue weighted by molar-refractivity contribution is 5.64. The van der Waals surface area contributed by atoms with Crippen LogP contribution in [-0.4, -0.2) is 59.4 Å². The zero-order valence-corrected chi connectivity index (χ0v) is 17.7. The first-order valence-corrected chi connectivity index (χ1v) is 10.5. The second-order valence-corrected chi connectivity index (χ2v) is 7.44. The molecule has 168 valence electrons. The Balaban J connectivity index is 1.69. The molecule has 0 unspecified atom stereocenters. The zero-order chi connectivity index (χ0) is 22.2. The number of piperazine rings is 1. The molecule has 1 aromatic heterocycles. The molecular weight excluding hydrogens is 405 g/mol. The number of aliphatic hydroxyl groups is 1. The number of aryl methyl sites for hydroxylation is 1. The molecule has 0 radical (unpaired) electrons. The van der Waals surface area contributed by atoms with E-state index < -0.39 is 4.92 Å². The van der Waals surface area contributed by atoms with Crippen molar-refractivity contribution in [3.8, 4) is 5.88 Å². The number of halogens is 1. The summed E-state index contributed by atoms with van der Waals surface area (Å²) in [7, 11) is 0. The summed E-state index contributed by atoms with van der Waals surface area (Å²) in [5, 5.41) is 20.7. The summed E-state index contributed by atoms with van der Waals surface area (Å²) < 4.78 is 18.8. The van der Waals surface area contributed by atoms with E-state index in [2.05, 4.69) is 14.9 Å². The number of hydrogen-bond acceptors (Lipinski definition) is 8. The predicted octanol–water partition coefficient (Wildman–Crippen LogP) is 3.09. The number of ether oxygens (including phenoxy) is 1. The fourth-order valence-corrected chi connectivity index (χ4v) is 3.57. The summed E-state index contributed by atoms with van der Waals surface area (Å²) in [5.74, 6) is 0.398. The Hall–Kier alpha value is -3.01. The quantitative estimate of drug-likeness (QED) is 0.346. The fourth-order valence-electron chi connectivity index (χ4n) is 3.57. The van der Waals surface area contributed by atoms with Gasteiger partial charge in [0.15, 0.2) is 0 Å². The first-order valence-electron chi connectivity index (χ1n) is 10.5. The van der Waals surface area contributed by atoms with Gasteiger partial charge in [0.2, 0.25) is 5.82 Å². The topological polar surface area (TPSA) is 105 Å². The van der Waals surface area contributed by atoms with Crippen molar-refractivity contribution in [2.75, 3.05) is 49.2 Å². The second-order valence-electron chi connectivity index (χ2n) is 7.44. The lowest BCUT2D eigenvalue weighted by molar-refractivity contribution is -0.385. The Labute approximate surface area is 180 Å². The summed E-state index contributed by atoms with van der Waals surface area (Å²) in [6.45, 7) is 4.51. The summed E-state index contributed by atoms with van der Waals surface area (Å²) in [5.41, 5.74) is 0.704. The Kier molecular flexibility index (Phi) is 7.94. The van der Waals surface area contributed by atoms with Crippen molar-refractivity contribution >= 4 is 17.2 Å². The van der Waals surface area contributed by atoms with Gasteiger partial charge in [-0.05, 0) is 50.5 Å². The van der Waals surface area contributed by atoms with E-state index in [-0.39, 0.29) is 29.8 Å². The van der Waals surface area contributed by atoms with E-state index in [4.69, 9.17) is 9.84 Å². The standard InChI is InChI=1S/C21H28FN5O4/c1-16-23-20(19(27(29)30)21(24-16)31-15-5-3-2-4-14-28)26-12-10-25(11-13-26)18-8-6-17(22)7-9-18/h6-9,28H,2-5,10-15H2,1H3. The van der Waals surface area contributed by atoms with E-state index in [0.29, 0.717) is 38.6 Å². The van der Waals surface area contributed by atoms with Crippen LogP contribution >= 0.6 is 0 Å². The molecule has 0 amide bonds. The molecule has 1 aliphatic rings. The lowest BCUT2D eigenvalue weighted by Crippen LogP contribution is -2.47. The van der Waals surface area contributed by atoms with Crippen LogP contribution < -0.4 is 14.5 Å². The van der Waals surface area contributed by atoms with Gasteiger partial charge in [0, 0.05) is 38.5 Å². The van der Waals surface area contributed by atoms with E-state index >= 15 is 0 Å². The molecule has 1 N–H and O–H groups in total. The van der Waals surface area contributed by atoms with Crippen LogP contribution in [-0.2, 0) is 0 Å². The minimum atomic E-state index is -0.484. The summed E-state index contributed by atoms with van der Waals surface area (Å²) in [6.07, 6.45) is 3.22. The number of benzene rings is 1. The van der Waals surface area contributed by atoms with Crippen LogP contribution in [0.1, 0.15) is 31.5 Å². The van der Waals surface area contributed by atoms with Crippen molar-refractivity contribution in [1.82, 2.24) is 9.97 Å². The molecule has 1 aromatic carbocycles. The number of nitro groups is 1. The smallest absolute Gasteiger partial charge is 0.372 e. The third-order valence-electron chi connectivity index (χ3n) is 5.19. The van der Waals surface area contributed by atoms with Crippen LogP contribution in [0.4, 0.5) is 21.6 Å². The van der Waals surface area contributed by atoms with Crippen LogP contribution in [0.5, 0.6) is 5.88 Å². The molecule has 0 aliphatic carbocycles. The van der Waals surface area contributed by atoms with Crippen LogP contribution in [0.25, 0.3) is 0 Å². The van der Waals surface area contributed by atoms with Crippen molar-refractivity contribution in [3.05, 3.63) is 46.0 Å². The Morgan fingerprint density at radius 2 is 1.71 bits per heavy atom. The molecule has 1 saturated heterocycles. The van der Waals surface area contributed by atoms with Crippen molar-refractivity contribution in [2.45, 2.75) is 32.6 Å². The number of hydrogen-bond donors (Lipinski definition) is 1. The Bertz CT molecular complexity index is 873. The minimum Gasteiger partial charge on any atom is -0.473 e. The molecule has 3 rings (SSSR count). The van der Waals surface area contributed by atoms with Gasteiger partial charge in [0.1, 0.15) is 11.6 Å². The van der Waals surface area contributed by atoms with Crippen LogP contribution in [0.2, 0.25) is 0 Å². The monoisotopic (exact) mass is 433 g/mol. The van der Waals surface area contributed by atoms with E-state index in [1.54, 1.807) is 19.1 Å². The second kappa shape index (κ2) is 10.9. The van der Waals surface area contributed by atoms with Crippen molar-refractivity contribution in [3.63, 3.8) is 0 Å². The lowest BCUT2D eigenvalue weighted by atomic mass is 10.2. The highest BCUT2D eigenvalue weighted by Crippen LogP contribution is 2.35. The highest BCUT2D eigenvalue weighted by atomic mass is 19.1. The van der Waals surface area contributed by atoms with Gasteiger partial charge in [0.05, 0.1) is 11.5 Å². The summed E-state index contributed by atoms with van der Waals surface area (Å²) in [4.78, 5) is 23.9. The Morgan fingerprint density at radius 3 is 2.35 bits per heavy atom. The Morgan fingerprint density at radius 1 is 1.06 bits per heavy atom. The number of aliphatic hydroxyl groups excluding tert-OH is 1.